The second kappa shape index (κ2) is 4.70. The maximum absolute atomic E-state index is 12.6. The van der Waals surface area contributed by atoms with Crippen LogP contribution in [0.25, 0.3) is 11.2 Å². The van der Waals surface area contributed by atoms with Crippen molar-refractivity contribution in [2.24, 2.45) is 0 Å². The van der Waals surface area contributed by atoms with Gasteiger partial charge >= 0.3 is 0 Å². The number of methoxy groups -OCH3 is 1. The summed E-state index contributed by atoms with van der Waals surface area (Å²) in [7, 11) is 1.67. The molecule has 0 N–H and O–H groups in total. The minimum absolute atomic E-state index is 0.128. The minimum atomic E-state index is -0.273. The van der Waals surface area contributed by atoms with E-state index in [0.717, 1.165) is 25.7 Å². The van der Waals surface area contributed by atoms with Gasteiger partial charge < -0.3 is 4.74 Å². The van der Waals surface area contributed by atoms with Crippen LogP contribution in [-0.2, 0) is 10.3 Å². The second-order valence-electron chi connectivity index (χ2n) is 5.01. The SMILES string of the molecule is COCC1(n2cnc3nccnc3c2=O)CCCC1. The summed E-state index contributed by atoms with van der Waals surface area (Å²) in [6.45, 7) is 0.528. The highest BCUT2D eigenvalue weighted by molar-refractivity contribution is 5.67. The summed E-state index contributed by atoms with van der Waals surface area (Å²) in [4.78, 5) is 25.0. The van der Waals surface area contributed by atoms with Crippen LogP contribution in [0.3, 0.4) is 0 Å². The summed E-state index contributed by atoms with van der Waals surface area (Å²) >= 11 is 0. The Morgan fingerprint density at radius 2 is 2.00 bits per heavy atom. The molecule has 3 rings (SSSR count). The normalized spacial score (nSPS) is 17.9. The predicted octanol–water partition coefficient (Wildman–Crippen LogP) is 1.10. The van der Waals surface area contributed by atoms with Crippen molar-refractivity contribution < 1.29 is 4.74 Å². The second-order valence-corrected chi connectivity index (χ2v) is 5.01. The molecule has 1 aliphatic rings. The van der Waals surface area contributed by atoms with Crippen LogP contribution in [0.4, 0.5) is 0 Å². The lowest BCUT2D eigenvalue weighted by Gasteiger charge is -2.30. The van der Waals surface area contributed by atoms with E-state index < -0.39 is 0 Å². The van der Waals surface area contributed by atoms with Crippen LogP contribution in [-0.4, -0.2) is 33.2 Å². The molecule has 0 amide bonds. The number of ether oxygens (including phenoxy) is 1. The molecule has 0 bridgehead atoms. The fourth-order valence-electron chi connectivity index (χ4n) is 2.95. The number of aromatic nitrogens is 4. The molecule has 0 aliphatic heterocycles. The van der Waals surface area contributed by atoms with Gasteiger partial charge in [-0.15, -0.1) is 0 Å². The first-order valence-electron chi connectivity index (χ1n) is 6.45. The van der Waals surface area contributed by atoms with E-state index in [-0.39, 0.29) is 11.1 Å². The molecule has 0 radical (unpaired) electrons. The molecule has 1 fully saturated rings. The Balaban J connectivity index is 2.19. The summed E-state index contributed by atoms with van der Waals surface area (Å²) in [5.41, 5.74) is 0.323. The summed E-state index contributed by atoms with van der Waals surface area (Å²) in [5, 5.41) is 0. The molecule has 2 aromatic heterocycles. The Morgan fingerprint density at radius 3 is 2.74 bits per heavy atom. The smallest absolute Gasteiger partial charge is 0.282 e. The van der Waals surface area contributed by atoms with Gasteiger partial charge in [-0.1, -0.05) is 12.8 Å². The molecule has 6 nitrogen and oxygen atoms in total. The average molecular weight is 260 g/mol. The molecule has 19 heavy (non-hydrogen) atoms. The highest BCUT2D eigenvalue weighted by Crippen LogP contribution is 2.35. The monoisotopic (exact) mass is 260 g/mol. The standard InChI is InChI=1S/C13H16N4O2/c1-19-8-13(4-2-3-5-13)17-9-16-11-10(12(17)18)14-6-7-15-11/h6-7,9H,2-5,8H2,1H3. The van der Waals surface area contributed by atoms with Gasteiger partial charge in [0.05, 0.1) is 12.1 Å². The largest absolute Gasteiger partial charge is 0.382 e. The molecule has 0 unspecified atom stereocenters. The molecule has 2 heterocycles. The van der Waals surface area contributed by atoms with Crippen molar-refractivity contribution in [2.45, 2.75) is 31.2 Å². The summed E-state index contributed by atoms with van der Waals surface area (Å²) in [5.74, 6) is 0. The maximum Gasteiger partial charge on any atom is 0.282 e. The number of fused-ring (bicyclic) bond motifs is 1. The first-order chi connectivity index (χ1) is 9.27. The van der Waals surface area contributed by atoms with Gasteiger partial charge in [-0.3, -0.25) is 9.36 Å². The average Bonchev–Trinajstić information content (AvgIpc) is 2.89. The zero-order valence-electron chi connectivity index (χ0n) is 10.9. The lowest BCUT2D eigenvalue weighted by atomic mass is 9.98. The van der Waals surface area contributed by atoms with Crippen molar-refractivity contribution in [3.63, 3.8) is 0 Å². The fraction of sp³-hybridized carbons (Fsp3) is 0.538. The van der Waals surface area contributed by atoms with Crippen molar-refractivity contribution in [2.75, 3.05) is 13.7 Å². The number of nitrogens with zero attached hydrogens (tertiary/aromatic N) is 4. The van der Waals surface area contributed by atoms with Gasteiger partial charge in [0.25, 0.3) is 5.56 Å². The van der Waals surface area contributed by atoms with Crippen molar-refractivity contribution in [3.05, 3.63) is 29.1 Å². The maximum atomic E-state index is 12.6. The van der Waals surface area contributed by atoms with Gasteiger partial charge in [-0.25, -0.2) is 15.0 Å². The molecular weight excluding hydrogens is 244 g/mol. The number of rotatable bonds is 3. The van der Waals surface area contributed by atoms with Gasteiger partial charge in [0, 0.05) is 19.5 Å². The number of hydrogen-bond donors (Lipinski definition) is 0. The van der Waals surface area contributed by atoms with Gasteiger partial charge in [0.2, 0.25) is 0 Å². The van der Waals surface area contributed by atoms with E-state index in [1.165, 1.54) is 6.20 Å². The van der Waals surface area contributed by atoms with Gasteiger partial charge in [0.1, 0.15) is 6.33 Å². The van der Waals surface area contributed by atoms with Crippen LogP contribution >= 0.6 is 0 Å². The van der Waals surface area contributed by atoms with E-state index in [9.17, 15) is 4.79 Å². The number of hydrogen-bond acceptors (Lipinski definition) is 5. The van der Waals surface area contributed by atoms with Gasteiger partial charge in [-0.2, -0.15) is 0 Å². The van der Waals surface area contributed by atoms with Crippen LogP contribution in [0.15, 0.2) is 23.5 Å². The molecule has 2 aromatic rings. The van der Waals surface area contributed by atoms with Gasteiger partial charge in [-0.05, 0) is 12.8 Å². The molecular formula is C13H16N4O2. The highest BCUT2D eigenvalue weighted by Gasteiger charge is 2.37. The molecule has 1 aliphatic carbocycles. The summed E-state index contributed by atoms with van der Waals surface area (Å²) in [6.07, 6.45) is 8.74. The molecule has 100 valence electrons. The summed E-state index contributed by atoms with van der Waals surface area (Å²) in [6, 6.07) is 0. The van der Waals surface area contributed by atoms with Crippen molar-refractivity contribution in [1.29, 1.82) is 0 Å². The third kappa shape index (κ3) is 1.92. The fourth-order valence-corrected chi connectivity index (χ4v) is 2.95. The van der Waals surface area contributed by atoms with Crippen molar-refractivity contribution in [1.82, 2.24) is 19.5 Å². The van der Waals surface area contributed by atoms with Crippen LogP contribution in [0, 0.1) is 0 Å². The molecule has 0 aromatic carbocycles. The van der Waals surface area contributed by atoms with Crippen molar-refractivity contribution in [3.8, 4) is 0 Å². The Bertz CT molecular complexity index is 646. The first-order valence-corrected chi connectivity index (χ1v) is 6.45. The quantitative estimate of drug-likeness (QED) is 0.826. The van der Waals surface area contributed by atoms with E-state index in [2.05, 4.69) is 15.0 Å². The molecule has 6 heteroatoms. The van der Waals surface area contributed by atoms with Gasteiger partial charge in [0.15, 0.2) is 11.2 Å². The molecule has 0 saturated heterocycles. The zero-order valence-corrected chi connectivity index (χ0v) is 10.9. The highest BCUT2D eigenvalue weighted by atomic mass is 16.5. The minimum Gasteiger partial charge on any atom is -0.382 e. The van der Waals surface area contributed by atoms with E-state index >= 15 is 0 Å². The van der Waals surface area contributed by atoms with Crippen LogP contribution in [0.2, 0.25) is 0 Å². The van der Waals surface area contributed by atoms with E-state index in [1.54, 1.807) is 24.2 Å². The Hall–Kier alpha value is -1.82. The van der Waals surface area contributed by atoms with Crippen LogP contribution < -0.4 is 5.56 Å². The Labute approximate surface area is 110 Å². The Morgan fingerprint density at radius 1 is 1.26 bits per heavy atom. The first kappa shape index (κ1) is 12.2. The predicted molar refractivity (Wildman–Crippen MR) is 69.9 cm³/mol. The molecule has 0 spiro atoms. The van der Waals surface area contributed by atoms with Crippen LogP contribution in [0.5, 0.6) is 0 Å². The van der Waals surface area contributed by atoms with E-state index in [1.807, 2.05) is 0 Å². The third-order valence-electron chi connectivity index (χ3n) is 3.85. The lowest BCUT2D eigenvalue weighted by molar-refractivity contribution is 0.0867. The van der Waals surface area contributed by atoms with E-state index in [0.29, 0.717) is 17.8 Å². The summed E-state index contributed by atoms with van der Waals surface area (Å²) < 4.78 is 7.02. The zero-order chi connectivity index (χ0) is 13.3. The molecule has 0 atom stereocenters. The third-order valence-corrected chi connectivity index (χ3v) is 3.85. The van der Waals surface area contributed by atoms with Crippen LogP contribution in [0.1, 0.15) is 25.7 Å². The van der Waals surface area contributed by atoms with Crippen molar-refractivity contribution >= 4 is 11.2 Å². The van der Waals surface area contributed by atoms with E-state index in [4.69, 9.17) is 4.74 Å². The lowest BCUT2D eigenvalue weighted by Crippen LogP contribution is -2.42. The topological polar surface area (TPSA) is 69.9 Å². The Kier molecular flexibility index (Phi) is 3.02. The molecule has 1 saturated carbocycles.